The summed E-state index contributed by atoms with van der Waals surface area (Å²) in [5.41, 5.74) is 2.58. The maximum absolute atomic E-state index is 12.3. The molecule has 1 saturated heterocycles. The zero-order chi connectivity index (χ0) is 16.7. The Kier molecular flexibility index (Phi) is 4.24. The second kappa shape index (κ2) is 6.39. The van der Waals surface area contributed by atoms with Crippen LogP contribution in [-0.2, 0) is 6.67 Å². The fourth-order valence-corrected chi connectivity index (χ4v) is 4.02. The highest BCUT2D eigenvalue weighted by Crippen LogP contribution is 2.33. The van der Waals surface area contributed by atoms with Crippen molar-refractivity contribution in [3.8, 4) is 0 Å². The minimum absolute atomic E-state index is 0.304. The maximum atomic E-state index is 12.3. The Hall–Kier alpha value is -1.56. The summed E-state index contributed by atoms with van der Waals surface area (Å²) < 4.78 is 8.08. The highest BCUT2D eigenvalue weighted by molar-refractivity contribution is 9.10. The SMILES string of the molecule is O=c1oc2ccc(Cl)cc2n1CN1CCCC1c1cccc(Br)c1. The number of rotatable bonds is 3. The van der Waals surface area contributed by atoms with E-state index in [2.05, 4.69) is 39.0 Å². The average Bonchev–Trinajstić information content (AvgIpc) is 3.13. The van der Waals surface area contributed by atoms with Gasteiger partial charge in [-0.25, -0.2) is 4.79 Å². The van der Waals surface area contributed by atoms with Crippen molar-refractivity contribution in [1.82, 2.24) is 9.47 Å². The van der Waals surface area contributed by atoms with Crippen molar-refractivity contribution in [2.24, 2.45) is 0 Å². The first kappa shape index (κ1) is 15.9. The van der Waals surface area contributed by atoms with E-state index in [0.29, 0.717) is 23.3 Å². The molecule has 3 aromatic rings. The molecule has 1 unspecified atom stereocenters. The third-order valence-corrected chi connectivity index (χ3v) is 5.28. The van der Waals surface area contributed by atoms with Crippen LogP contribution < -0.4 is 5.76 Å². The molecule has 1 aliphatic heterocycles. The molecular weight excluding hydrogens is 392 g/mol. The molecule has 4 rings (SSSR count). The number of hydrogen-bond donors (Lipinski definition) is 0. The maximum Gasteiger partial charge on any atom is 0.421 e. The number of hydrogen-bond acceptors (Lipinski definition) is 3. The van der Waals surface area contributed by atoms with Gasteiger partial charge < -0.3 is 4.42 Å². The van der Waals surface area contributed by atoms with Crippen LogP contribution in [0.1, 0.15) is 24.4 Å². The van der Waals surface area contributed by atoms with Gasteiger partial charge in [-0.15, -0.1) is 0 Å². The lowest BCUT2D eigenvalue weighted by Gasteiger charge is -2.25. The first-order chi connectivity index (χ1) is 11.6. The Morgan fingerprint density at radius 3 is 2.96 bits per heavy atom. The van der Waals surface area contributed by atoms with Crippen LogP contribution >= 0.6 is 27.5 Å². The van der Waals surface area contributed by atoms with E-state index < -0.39 is 0 Å². The molecule has 1 fully saturated rings. The van der Waals surface area contributed by atoms with Crippen LogP contribution in [0.25, 0.3) is 11.1 Å². The summed E-state index contributed by atoms with van der Waals surface area (Å²) in [7, 11) is 0. The summed E-state index contributed by atoms with van der Waals surface area (Å²) in [6, 6.07) is 13.9. The van der Waals surface area contributed by atoms with Gasteiger partial charge in [0, 0.05) is 22.1 Å². The molecule has 0 amide bonds. The van der Waals surface area contributed by atoms with Crippen LogP contribution in [0.4, 0.5) is 0 Å². The van der Waals surface area contributed by atoms with Crippen LogP contribution in [0, 0.1) is 0 Å². The number of benzene rings is 2. The number of likely N-dealkylation sites (tertiary alicyclic amines) is 1. The highest BCUT2D eigenvalue weighted by atomic mass is 79.9. The van der Waals surface area contributed by atoms with Gasteiger partial charge in [-0.3, -0.25) is 9.47 Å². The molecule has 0 spiro atoms. The van der Waals surface area contributed by atoms with E-state index in [0.717, 1.165) is 29.4 Å². The molecule has 2 aromatic carbocycles. The molecule has 0 radical (unpaired) electrons. The predicted octanol–water partition coefficient (Wildman–Crippen LogP) is 4.81. The number of aromatic nitrogens is 1. The number of halogens is 2. The lowest BCUT2D eigenvalue weighted by Crippen LogP contribution is -2.30. The summed E-state index contributed by atoms with van der Waals surface area (Å²) >= 11 is 9.62. The van der Waals surface area contributed by atoms with Crippen LogP contribution in [0.15, 0.2) is 56.1 Å². The van der Waals surface area contributed by atoms with E-state index >= 15 is 0 Å². The van der Waals surface area contributed by atoms with Gasteiger partial charge in [0.05, 0.1) is 12.2 Å². The Morgan fingerprint density at radius 2 is 2.12 bits per heavy atom. The molecular formula is C18H16BrClN2O2. The molecule has 0 N–H and O–H groups in total. The molecule has 1 atom stereocenters. The van der Waals surface area contributed by atoms with Crippen LogP contribution in [0.2, 0.25) is 5.02 Å². The molecule has 0 saturated carbocycles. The molecule has 0 bridgehead atoms. The normalized spacial score (nSPS) is 18.5. The van der Waals surface area contributed by atoms with Gasteiger partial charge in [-0.05, 0) is 48.7 Å². The summed E-state index contributed by atoms with van der Waals surface area (Å²) in [6.07, 6.45) is 2.20. The highest BCUT2D eigenvalue weighted by Gasteiger charge is 2.27. The van der Waals surface area contributed by atoms with Crippen molar-refractivity contribution in [1.29, 1.82) is 0 Å². The van der Waals surface area contributed by atoms with Crippen molar-refractivity contribution in [2.45, 2.75) is 25.6 Å². The van der Waals surface area contributed by atoms with E-state index in [1.54, 1.807) is 22.8 Å². The molecule has 1 aromatic heterocycles. The van der Waals surface area contributed by atoms with Gasteiger partial charge in [-0.2, -0.15) is 0 Å². The van der Waals surface area contributed by atoms with Crippen molar-refractivity contribution in [2.75, 3.05) is 6.54 Å². The first-order valence-corrected chi connectivity index (χ1v) is 9.07. The minimum atomic E-state index is -0.341. The zero-order valence-electron chi connectivity index (χ0n) is 12.9. The Morgan fingerprint density at radius 1 is 1.25 bits per heavy atom. The Bertz CT molecular complexity index is 950. The number of oxazole rings is 1. The topological polar surface area (TPSA) is 38.4 Å². The fourth-order valence-electron chi connectivity index (χ4n) is 3.44. The van der Waals surface area contributed by atoms with E-state index in [1.165, 1.54) is 5.56 Å². The average molecular weight is 408 g/mol. The van der Waals surface area contributed by atoms with E-state index in [1.807, 2.05) is 6.07 Å². The number of nitrogens with zero attached hydrogens (tertiary/aromatic N) is 2. The fraction of sp³-hybridized carbons (Fsp3) is 0.278. The molecule has 24 heavy (non-hydrogen) atoms. The summed E-state index contributed by atoms with van der Waals surface area (Å²) in [4.78, 5) is 14.6. The lowest BCUT2D eigenvalue weighted by molar-refractivity contribution is 0.198. The lowest BCUT2D eigenvalue weighted by atomic mass is 10.1. The van der Waals surface area contributed by atoms with Crippen molar-refractivity contribution in [3.05, 3.63) is 68.1 Å². The molecule has 2 heterocycles. The van der Waals surface area contributed by atoms with E-state index in [-0.39, 0.29) is 5.76 Å². The van der Waals surface area contributed by atoms with Gasteiger partial charge in [0.15, 0.2) is 5.58 Å². The van der Waals surface area contributed by atoms with Gasteiger partial charge in [0.2, 0.25) is 0 Å². The van der Waals surface area contributed by atoms with Crippen LogP contribution in [-0.4, -0.2) is 16.0 Å². The second-order valence-electron chi connectivity index (χ2n) is 6.07. The minimum Gasteiger partial charge on any atom is -0.408 e. The van der Waals surface area contributed by atoms with Crippen molar-refractivity contribution >= 4 is 38.6 Å². The second-order valence-corrected chi connectivity index (χ2v) is 7.43. The van der Waals surface area contributed by atoms with Crippen LogP contribution in [0.3, 0.4) is 0 Å². The Balaban J connectivity index is 1.68. The quantitative estimate of drug-likeness (QED) is 0.625. The van der Waals surface area contributed by atoms with Gasteiger partial charge in [0.25, 0.3) is 0 Å². The van der Waals surface area contributed by atoms with Crippen molar-refractivity contribution < 1.29 is 4.42 Å². The molecule has 6 heteroatoms. The summed E-state index contributed by atoms with van der Waals surface area (Å²) in [5.74, 6) is -0.341. The monoisotopic (exact) mass is 406 g/mol. The molecule has 4 nitrogen and oxygen atoms in total. The van der Waals surface area contributed by atoms with Gasteiger partial charge in [-0.1, -0.05) is 39.7 Å². The van der Waals surface area contributed by atoms with Crippen LogP contribution in [0.5, 0.6) is 0 Å². The molecule has 0 aliphatic carbocycles. The number of fused-ring (bicyclic) bond motifs is 1. The summed E-state index contributed by atoms with van der Waals surface area (Å²) in [5, 5.41) is 0.599. The van der Waals surface area contributed by atoms with Crippen molar-refractivity contribution in [3.63, 3.8) is 0 Å². The third-order valence-electron chi connectivity index (χ3n) is 4.55. The van der Waals surface area contributed by atoms with Gasteiger partial charge in [0.1, 0.15) is 0 Å². The first-order valence-electron chi connectivity index (χ1n) is 7.90. The van der Waals surface area contributed by atoms with E-state index in [9.17, 15) is 4.79 Å². The third kappa shape index (κ3) is 2.92. The predicted molar refractivity (Wildman–Crippen MR) is 98.3 cm³/mol. The zero-order valence-corrected chi connectivity index (χ0v) is 15.3. The smallest absolute Gasteiger partial charge is 0.408 e. The van der Waals surface area contributed by atoms with E-state index in [4.69, 9.17) is 16.0 Å². The molecule has 124 valence electrons. The largest absolute Gasteiger partial charge is 0.421 e. The summed E-state index contributed by atoms with van der Waals surface area (Å²) in [6.45, 7) is 1.46. The van der Waals surface area contributed by atoms with Gasteiger partial charge >= 0.3 is 5.76 Å². The Labute approximate surface area is 152 Å². The standard InChI is InChI=1S/C18H16BrClN2O2/c19-13-4-1-3-12(9-13)15-5-2-8-21(15)11-22-16-10-14(20)6-7-17(16)24-18(22)23/h1,3-4,6-7,9-10,15H,2,5,8,11H2. The molecule has 1 aliphatic rings.